The number of allylic oxidation sites excluding steroid dienone is 6. The molecule has 0 saturated heterocycles. The van der Waals surface area contributed by atoms with Crippen molar-refractivity contribution in [2.45, 2.75) is 85.4 Å². The molecule has 0 bridgehead atoms. The van der Waals surface area contributed by atoms with Gasteiger partial charge in [-0.1, -0.05) is 49.1 Å². The molecule has 1 nitrogen and oxygen atoms in total. The van der Waals surface area contributed by atoms with Crippen LogP contribution in [0.1, 0.15) is 65.7 Å². The van der Waals surface area contributed by atoms with Crippen molar-refractivity contribution in [2.75, 3.05) is 0 Å². The Balaban J connectivity index is 2.28. The molecule has 0 heterocycles. The highest BCUT2D eigenvalue weighted by molar-refractivity contribution is 6.70. The van der Waals surface area contributed by atoms with E-state index in [1.807, 2.05) is 0 Å². The van der Waals surface area contributed by atoms with Gasteiger partial charge in [0.05, 0.1) is 0 Å². The monoisotopic (exact) mass is 358 g/mol. The molecule has 140 valence electrons. The van der Waals surface area contributed by atoms with E-state index < -0.39 is 8.32 Å². The maximum Gasteiger partial charge on any atom is 0.242 e. The first-order chi connectivity index (χ1) is 11.7. The highest BCUT2D eigenvalue weighted by Gasteiger charge is 2.33. The van der Waals surface area contributed by atoms with Crippen molar-refractivity contribution in [3.05, 3.63) is 46.8 Å². The van der Waals surface area contributed by atoms with Crippen LogP contribution in [0.2, 0.25) is 19.6 Å². The minimum atomic E-state index is -1.61. The Hall–Kier alpha value is -1.02. The van der Waals surface area contributed by atoms with E-state index in [1.165, 1.54) is 61.0 Å². The van der Waals surface area contributed by atoms with Crippen molar-refractivity contribution in [3.63, 3.8) is 0 Å². The molecule has 0 aromatic rings. The minimum Gasteiger partial charge on any atom is -0.544 e. The van der Waals surface area contributed by atoms with Crippen LogP contribution in [0.5, 0.6) is 0 Å². The molecule has 0 N–H and O–H groups in total. The lowest BCUT2D eigenvalue weighted by molar-refractivity contribution is 0.397. The Labute approximate surface area is 157 Å². The lowest BCUT2D eigenvalue weighted by Gasteiger charge is -2.33. The van der Waals surface area contributed by atoms with Crippen LogP contribution in [0, 0.1) is 11.8 Å². The van der Waals surface area contributed by atoms with E-state index in [-0.39, 0.29) is 0 Å². The third kappa shape index (κ3) is 5.74. The third-order valence-electron chi connectivity index (χ3n) is 5.37. The fraction of sp³-hybridized carbons (Fsp3) is 0.652. The van der Waals surface area contributed by atoms with Gasteiger partial charge >= 0.3 is 0 Å². The molecule has 2 atom stereocenters. The summed E-state index contributed by atoms with van der Waals surface area (Å²) in [6, 6.07) is 0. The third-order valence-corrected chi connectivity index (χ3v) is 6.20. The van der Waals surface area contributed by atoms with Gasteiger partial charge in [-0.3, -0.25) is 0 Å². The van der Waals surface area contributed by atoms with E-state index in [0.29, 0.717) is 11.8 Å². The molecule has 0 saturated carbocycles. The second-order valence-electron chi connectivity index (χ2n) is 9.07. The van der Waals surface area contributed by atoms with Crippen LogP contribution in [0.25, 0.3) is 0 Å². The zero-order valence-electron chi connectivity index (χ0n) is 17.4. The van der Waals surface area contributed by atoms with E-state index in [2.05, 4.69) is 59.1 Å². The van der Waals surface area contributed by atoms with Gasteiger partial charge in [0.1, 0.15) is 5.76 Å². The molecule has 0 spiro atoms. The molecule has 0 amide bonds. The Kier molecular flexibility index (Phi) is 6.96. The average Bonchev–Trinajstić information content (AvgIpc) is 2.87. The zero-order chi connectivity index (χ0) is 18.6. The highest BCUT2D eigenvalue weighted by Crippen LogP contribution is 2.44. The van der Waals surface area contributed by atoms with Crippen LogP contribution in [0.3, 0.4) is 0 Å². The van der Waals surface area contributed by atoms with Crippen LogP contribution in [0.4, 0.5) is 0 Å². The van der Waals surface area contributed by atoms with Gasteiger partial charge in [0.2, 0.25) is 8.32 Å². The summed E-state index contributed by atoms with van der Waals surface area (Å²) >= 11 is 0. The first-order valence-electron chi connectivity index (χ1n) is 10.2. The van der Waals surface area contributed by atoms with Gasteiger partial charge in [0.15, 0.2) is 0 Å². The van der Waals surface area contributed by atoms with Crippen LogP contribution in [-0.2, 0) is 4.43 Å². The highest BCUT2D eigenvalue weighted by atomic mass is 28.4. The van der Waals surface area contributed by atoms with Crippen molar-refractivity contribution >= 4 is 8.32 Å². The molecule has 25 heavy (non-hydrogen) atoms. The van der Waals surface area contributed by atoms with Crippen molar-refractivity contribution in [1.29, 1.82) is 0 Å². The summed E-state index contributed by atoms with van der Waals surface area (Å²) in [4.78, 5) is 0. The van der Waals surface area contributed by atoms with Crippen molar-refractivity contribution in [3.8, 4) is 0 Å². The van der Waals surface area contributed by atoms with Gasteiger partial charge in [-0.05, 0) is 83.2 Å². The largest absolute Gasteiger partial charge is 0.544 e. The van der Waals surface area contributed by atoms with Gasteiger partial charge < -0.3 is 4.43 Å². The number of hydrogen-bond acceptors (Lipinski definition) is 1. The second kappa shape index (κ2) is 8.57. The number of unbranched alkanes of at least 4 members (excludes halogenated alkanes) is 2. The van der Waals surface area contributed by atoms with Gasteiger partial charge in [0.25, 0.3) is 0 Å². The van der Waals surface area contributed by atoms with Crippen molar-refractivity contribution in [2.24, 2.45) is 11.8 Å². The van der Waals surface area contributed by atoms with E-state index in [9.17, 15) is 0 Å². The van der Waals surface area contributed by atoms with E-state index >= 15 is 0 Å². The number of hydrogen-bond donors (Lipinski definition) is 0. The van der Waals surface area contributed by atoms with Crippen molar-refractivity contribution in [1.82, 2.24) is 0 Å². The Morgan fingerprint density at radius 1 is 1.28 bits per heavy atom. The Bertz CT molecular complexity index is 586. The van der Waals surface area contributed by atoms with Gasteiger partial charge in [-0.2, -0.15) is 0 Å². The van der Waals surface area contributed by atoms with E-state index in [1.54, 1.807) is 5.57 Å². The first kappa shape index (κ1) is 20.3. The lowest BCUT2D eigenvalue weighted by Crippen LogP contribution is -2.26. The Morgan fingerprint density at radius 3 is 2.60 bits per heavy atom. The summed E-state index contributed by atoms with van der Waals surface area (Å²) in [5.74, 6) is 2.26. The molecule has 0 aromatic carbocycles. The summed E-state index contributed by atoms with van der Waals surface area (Å²) < 4.78 is 6.55. The van der Waals surface area contributed by atoms with Crippen LogP contribution in [0.15, 0.2) is 46.8 Å². The maximum atomic E-state index is 6.55. The van der Waals surface area contributed by atoms with E-state index in [4.69, 9.17) is 4.43 Å². The van der Waals surface area contributed by atoms with Crippen LogP contribution >= 0.6 is 0 Å². The van der Waals surface area contributed by atoms with Crippen LogP contribution in [-0.4, -0.2) is 8.32 Å². The SMILES string of the molecule is C=C(C)[C@@H]1CCC(C)=CC1C1=C(O[Si](C)(C)C)C=C(CCCCC)C1. The summed E-state index contributed by atoms with van der Waals surface area (Å²) in [5, 5.41) is 0. The predicted molar refractivity (Wildman–Crippen MR) is 113 cm³/mol. The topological polar surface area (TPSA) is 9.23 Å². The average molecular weight is 359 g/mol. The molecule has 2 aliphatic carbocycles. The molecule has 2 rings (SSSR count). The first-order valence-corrected chi connectivity index (χ1v) is 13.6. The summed E-state index contributed by atoms with van der Waals surface area (Å²) in [7, 11) is -1.61. The van der Waals surface area contributed by atoms with Crippen LogP contribution < -0.4 is 0 Å². The second-order valence-corrected chi connectivity index (χ2v) is 13.5. The predicted octanol–water partition coefficient (Wildman–Crippen LogP) is 7.55. The maximum absolute atomic E-state index is 6.55. The molecule has 0 aliphatic heterocycles. The van der Waals surface area contributed by atoms with Gasteiger partial charge in [0, 0.05) is 5.92 Å². The molecule has 0 aromatic heterocycles. The summed E-state index contributed by atoms with van der Waals surface area (Å²) in [5.41, 5.74) is 5.96. The zero-order valence-corrected chi connectivity index (χ0v) is 18.4. The standard InChI is InChI=1S/C23H38OSi/c1-8-9-10-11-19-15-22(23(16-19)24-25(5,6)7)21-14-18(4)12-13-20(21)17(2)3/h14,16,20-21H,2,8-13,15H2,1,3-7H3/t20-,21?/m0/s1. The molecule has 2 heteroatoms. The summed E-state index contributed by atoms with van der Waals surface area (Å²) in [6.45, 7) is 17.9. The Morgan fingerprint density at radius 2 is 2.00 bits per heavy atom. The normalized spacial score (nSPS) is 24.2. The molecular weight excluding hydrogens is 320 g/mol. The fourth-order valence-corrected chi connectivity index (χ4v) is 4.95. The lowest BCUT2D eigenvalue weighted by atomic mass is 9.73. The van der Waals surface area contributed by atoms with E-state index in [0.717, 1.165) is 6.42 Å². The molecular formula is C23H38OSi. The smallest absolute Gasteiger partial charge is 0.242 e. The minimum absolute atomic E-state index is 0.484. The number of rotatable bonds is 8. The molecule has 0 radical (unpaired) electrons. The van der Waals surface area contributed by atoms with Crippen molar-refractivity contribution < 1.29 is 4.43 Å². The van der Waals surface area contributed by atoms with Gasteiger partial charge in [-0.15, -0.1) is 0 Å². The molecule has 0 fully saturated rings. The molecule has 2 aliphatic rings. The van der Waals surface area contributed by atoms with Gasteiger partial charge in [-0.25, -0.2) is 0 Å². The summed E-state index contributed by atoms with van der Waals surface area (Å²) in [6.07, 6.45) is 13.6. The fourth-order valence-electron chi connectivity index (χ4n) is 4.10. The quantitative estimate of drug-likeness (QED) is 0.247. The molecule has 1 unspecified atom stereocenters.